The van der Waals surface area contributed by atoms with Crippen LogP contribution >= 0.6 is 11.8 Å². The Kier molecular flexibility index (Phi) is 5.26. The normalized spacial score (nSPS) is 12.1. The van der Waals surface area contributed by atoms with Crippen molar-refractivity contribution in [2.24, 2.45) is 0 Å². The van der Waals surface area contributed by atoms with Crippen LogP contribution in [0.15, 0.2) is 64.3 Å². The summed E-state index contributed by atoms with van der Waals surface area (Å²) in [6.45, 7) is 3.63. The Balaban J connectivity index is 1.64. The zero-order chi connectivity index (χ0) is 20.4. The van der Waals surface area contributed by atoms with Crippen molar-refractivity contribution in [2.45, 2.75) is 24.3 Å². The molecular formula is C21H20N4O3S. The third kappa shape index (κ3) is 3.97. The van der Waals surface area contributed by atoms with Crippen LogP contribution in [-0.4, -0.2) is 33.0 Å². The zero-order valence-corrected chi connectivity index (χ0v) is 17.1. The molecule has 8 heteroatoms. The van der Waals surface area contributed by atoms with E-state index in [1.165, 1.54) is 11.8 Å². The van der Waals surface area contributed by atoms with Crippen molar-refractivity contribution in [3.63, 3.8) is 0 Å². The molecule has 29 heavy (non-hydrogen) atoms. The Morgan fingerprint density at radius 1 is 1.21 bits per heavy atom. The molecule has 0 fully saturated rings. The van der Waals surface area contributed by atoms with Crippen LogP contribution in [-0.2, 0) is 4.79 Å². The average molecular weight is 408 g/mol. The Labute approximate surface area is 172 Å². The Bertz CT molecular complexity index is 1150. The minimum atomic E-state index is -0.394. The molecule has 2 heterocycles. The van der Waals surface area contributed by atoms with Gasteiger partial charge in [0.05, 0.1) is 29.1 Å². The Morgan fingerprint density at radius 3 is 2.66 bits per heavy atom. The van der Waals surface area contributed by atoms with Crippen LogP contribution in [0.1, 0.15) is 12.6 Å². The molecular weight excluding hydrogens is 388 g/mol. The van der Waals surface area contributed by atoms with E-state index in [9.17, 15) is 4.79 Å². The number of aromatic nitrogens is 3. The molecule has 4 aromatic rings. The summed E-state index contributed by atoms with van der Waals surface area (Å²) in [5.74, 6) is 0.936. The molecule has 2 aromatic carbocycles. The largest absolute Gasteiger partial charge is 0.497 e. The molecule has 2 aromatic heterocycles. The third-order valence-electron chi connectivity index (χ3n) is 4.39. The predicted octanol–water partition coefficient (Wildman–Crippen LogP) is 4.45. The van der Waals surface area contributed by atoms with Gasteiger partial charge in [-0.1, -0.05) is 29.1 Å². The number of ether oxygens (including phenoxy) is 1. The number of carbonyl (C=O) groups is 1. The van der Waals surface area contributed by atoms with Gasteiger partial charge in [0.25, 0.3) is 0 Å². The molecule has 0 radical (unpaired) electrons. The molecule has 0 aliphatic heterocycles. The van der Waals surface area contributed by atoms with Gasteiger partial charge in [-0.15, -0.1) is 0 Å². The standard InChI is InChI=1S/C21H20N4O3S/c1-13-12-19(28-24-13)23-20(26)14(2)29-21-22-17-6-4-5-7-18(17)25(21)15-8-10-16(27-3)11-9-15/h4-12,14H,1-3H3,(H,23,26). The highest BCUT2D eigenvalue weighted by Crippen LogP contribution is 2.31. The first-order chi connectivity index (χ1) is 14.0. The highest BCUT2D eigenvalue weighted by molar-refractivity contribution is 8.00. The number of anilines is 1. The third-order valence-corrected chi connectivity index (χ3v) is 5.44. The Morgan fingerprint density at radius 2 is 1.97 bits per heavy atom. The second-order valence-electron chi connectivity index (χ2n) is 6.50. The fourth-order valence-corrected chi connectivity index (χ4v) is 3.86. The number of nitrogens with zero attached hydrogens (tertiary/aromatic N) is 3. The van der Waals surface area contributed by atoms with E-state index in [2.05, 4.69) is 10.5 Å². The van der Waals surface area contributed by atoms with E-state index in [4.69, 9.17) is 14.2 Å². The van der Waals surface area contributed by atoms with Gasteiger partial charge in [0, 0.05) is 11.8 Å². The molecule has 0 saturated heterocycles. The van der Waals surface area contributed by atoms with Gasteiger partial charge in [0.15, 0.2) is 5.16 Å². The van der Waals surface area contributed by atoms with E-state index in [-0.39, 0.29) is 5.91 Å². The molecule has 1 N–H and O–H groups in total. The lowest BCUT2D eigenvalue weighted by Gasteiger charge is -2.13. The van der Waals surface area contributed by atoms with Gasteiger partial charge in [-0.3, -0.25) is 14.7 Å². The number of nitrogens with one attached hydrogen (secondary N) is 1. The number of benzene rings is 2. The number of hydrogen-bond acceptors (Lipinski definition) is 6. The number of carbonyl (C=O) groups excluding carboxylic acids is 1. The summed E-state index contributed by atoms with van der Waals surface area (Å²) < 4.78 is 12.4. The molecule has 1 atom stereocenters. The predicted molar refractivity (Wildman–Crippen MR) is 113 cm³/mol. The van der Waals surface area contributed by atoms with Crippen LogP contribution in [0.25, 0.3) is 16.7 Å². The molecule has 0 bridgehead atoms. The maximum absolute atomic E-state index is 12.6. The number of thioether (sulfide) groups is 1. The number of imidazole rings is 1. The van der Waals surface area contributed by atoms with Crippen molar-refractivity contribution in [3.05, 3.63) is 60.3 Å². The molecule has 148 valence electrons. The van der Waals surface area contributed by atoms with Gasteiger partial charge < -0.3 is 9.26 Å². The molecule has 0 aliphatic rings. The van der Waals surface area contributed by atoms with Crippen LogP contribution in [0.4, 0.5) is 5.88 Å². The second kappa shape index (κ2) is 8.00. The SMILES string of the molecule is COc1ccc(-n2c(SC(C)C(=O)Nc3cc(C)no3)nc3ccccc32)cc1. The molecule has 0 saturated carbocycles. The second-order valence-corrected chi connectivity index (χ2v) is 7.81. The van der Waals surface area contributed by atoms with Crippen molar-refractivity contribution in [2.75, 3.05) is 12.4 Å². The van der Waals surface area contributed by atoms with Gasteiger partial charge in [-0.2, -0.15) is 0 Å². The summed E-state index contributed by atoms with van der Waals surface area (Å²) in [5.41, 5.74) is 3.49. The van der Waals surface area contributed by atoms with Crippen molar-refractivity contribution < 1.29 is 14.1 Å². The molecule has 4 rings (SSSR count). The monoisotopic (exact) mass is 408 g/mol. The van der Waals surface area contributed by atoms with Crippen LogP contribution in [0.3, 0.4) is 0 Å². The number of rotatable bonds is 6. The average Bonchev–Trinajstić information content (AvgIpc) is 3.30. The quantitative estimate of drug-likeness (QED) is 0.475. The first kappa shape index (κ1) is 19.1. The van der Waals surface area contributed by atoms with Crippen molar-refractivity contribution in [3.8, 4) is 11.4 Å². The fraction of sp³-hybridized carbons (Fsp3) is 0.190. The zero-order valence-electron chi connectivity index (χ0n) is 16.2. The van der Waals surface area contributed by atoms with E-state index >= 15 is 0 Å². The topological polar surface area (TPSA) is 82.2 Å². The van der Waals surface area contributed by atoms with Crippen molar-refractivity contribution >= 4 is 34.6 Å². The number of para-hydroxylation sites is 2. The summed E-state index contributed by atoms with van der Waals surface area (Å²) in [7, 11) is 1.64. The van der Waals surface area contributed by atoms with Crippen LogP contribution < -0.4 is 10.1 Å². The van der Waals surface area contributed by atoms with Crippen LogP contribution in [0.5, 0.6) is 5.75 Å². The minimum Gasteiger partial charge on any atom is -0.497 e. The number of methoxy groups -OCH3 is 1. The maximum atomic E-state index is 12.6. The van der Waals surface area contributed by atoms with Gasteiger partial charge in [-0.25, -0.2) is 4.98 Å². The van der Waals surface area contributed by atoms with Crippen LogP contribution in [0, 0.1) is 6.92 Å². The van der Waals surface area contributed by atoms with Crippen molar-refractivity contribution in [1.29, 1.82) is 0 Å². The number of aryl methyl sites for hydroxylation is 1. The summed E-state index contributed by atoms with van der Waals surface area (Å²) in [4.78, 5) is 17.3. The molecule has 0 aliphatic carbocycles. The van der Waals surface area contributed by atoms with E-state index in [1.807, 2.05) is 60.0 Å². The van der Waals surface area contributed by atoms with E-state index in [1.54, 1.807) is 20.1 Å². The molecule has 1 amide bonds. The Hall–Kier alpha value is -3.26. The van der Waals surface area contributed by atoms with Gasteiger partial charge in [0.2, 0.25) is 11.8 Å². The summed E-state index contributed by atoms with van der Waals surface area (Å²) in [6.07, 6.45) is 0. The summed E-state index contributed by atoms with van der Waals surface area (Å²) in [5, 5.41) is 6.87. The summed E-state index contributed by atoms with van der Waals surface area (Å²) in [6, 6.07) is 17.3. The number of hydrogen-bond donors (Lipinski definition) is 1. The van der Waals surface area contributed by atoms with Crippen molar-refractivity contribution in [1.82, 2.24) is 14.7 Å². The molecule has 0 spiro atoms. The molecule has 1 unspecified atom stereocenters. The lowest BCUT2D eigenvalue weighted by molar-refractivity contribution is -0.115. The minimum absolute atomic E-state index is 0.181. The smallest absolute Gasteiger partial charge is 0.240 e. The lowest BCUT2D eigenvalue weighted by Crippen LogP contribution is -2.22. The molecule has 7 nitrogen and oxygen atoms in total. The highest BCUT2D eigenvalue weighted by atomic mass is 32.2. The van der Waals surface area contributed by atoms with E-state index in [0.717, 1.165) is 27.6 Å². The maximum Gasteiger partial charge on any atom is 0.240 e. The fourth-order valence-electron chi connectivity index (χ4n) is 2.92. The van der Waals surface area contributed by atoms with Gasteiger partial charge >= 0.3 is 0 Å². The number of amides is 1. The summed E-state index contributed by atoms with van der Waals surface area (Å²) >= 11 is 1.38. The van der Waals surface area contributed by atoms with E-state index < -0.39 is 5.25 Å². The first-order valence-electron chi connectivity index (χ1n) is 9.08. The van der Waals surface area contributed by atoms with Gasteiger partial charge in [-0.05, 0) is 50.2 Å². The highest BCUT2D eigenvalue weighted by Gasteiger charge is 2.21. The number of fused-ring (bicyclic) bond motifs is 1. The van der Waals surface area contributed by atoms with Gasteiger partial charge in [0.1, 0.15) is 5.75 Å². The lowest BCUT2D eigenvalue weighted by atomic mass is 10.2. The van der Waals surface area contributed by atoms with Crippen LogP contribution in [0.2, 0.25) is 0 Å². The van der Waals surface area contributed by atoms with E-state index in [0.29, 0.717) is 11.6 Å². The first-order valence-corrected chi connectivity index (χ1v) is 9.96.